The first kappa shape index (κ1) is 19.6. The highest BCUT2D eigenvalue weighted by molar-refractivity contribution is 7.07. The summed E-state index contributed by atoms with van der Waals surface area (Å²) in [5.74, 6) is 0.141. The van der Waals surface area contributed by atoms with Gasteiger partial charge in [0.2, 0.25) is 5.91 Å². The minimum atomic E-state index is 0. The van der Waals surface area contributed by atoms with Crippen LogP contribution in [0.3, 0.4) is 0 Å². The molecule has 2 N–H and O–H groups in total. The summed E-state index contributed by atoms with van der Waals surface area (Å²) in [5, 5.41) is 8.42. The Morgan fingerprint density at radius 2 is 2.15 bits per heavy atom. The lowest BCUT2D eigenvalue weighted by atomic mass is 9.81. The predicted molar refractivity (Wildman–Crippen MR) is 88.2 cm³/mol. The van der Waals surface area contributed by atoms with Gasteiger partial charge in [-0.1, -0.05) is 6.92 Å². The molecular weight excluding hydrogens is 317 g/mol. The van der Waals surface area contributed by atoms with Crippen molar-refractivity contribution in [1.29, 1.82) is 0 Å². The van der Waals surface area contributed by atoms with Gasteiger partial charge in [0, 0.05) is 18.3 Å². The van der Waals surface area contributed by atoms with Crippen LogP contribution >= 0.6 is 36.2 Å². The number of hydrogen-bond acceptors (Lipinski definition) is 4. The average Bonchev–Trinajstić information content (AvgIpc) is 2.88. The number of carbonyl (C=O) groups excluding carboxylic acids is 1. The normalized spacial score (nSPS) is 16.6. The summed E-state index contributed by atoms with van der Waals surface area (Å²) < 4.78 is 0. The van der Waals surface area contributed by atoms with E-state index in [2.05, 4.69) is 22.5 Å². The van der Waals surface area contributed by atoms with Crippen molar-refractivity contribution in [2.24, 2.45) is 5.41 Å². The summed E-state index contributed by atoms with van der Waals surface area (Å²) in [6, 6.07) is 0. The second-order valence-corrected chi connectivity index (χ2v) is 6.04. The number of rotatable bonds is 5. The van der Waals surface area contributed by atoms with Gasteiger partial charge in [0.1, 0.15) is 0 Å². The van der Waals surface area contributed by atoms with E-state index in [-0.39, 0.29) is 36.1 Å². The SMILES string of the molecule is CC1(CNC(=O)CCc2cscn2)CCNCC1.Cl.Cl. The lowest BCUT2D eigenvalue weighted by Crippen LogP contribution is -2.42. The van der Waals surface area contributed by atoms with Gasteiger partial charge < -0.3 is 10.6 Å². The van der Waals surface area contributed by atoms with Gasteiger partial charge in [-0.15, -0.1) is 36.2 Å². The molecule has 0 bridgehead atoms. The maximum absolute atomic E-state index is 11.8. The van der Waals surface area contributed by atoms with Crippen LogP contribution in [0.5, 0.6) is 0 Å². The maximum atomic E-state index is 11.8. The highest BCUT2D eigenvalue weighted by Crippen LogP contribution is 2.26. The third kappa shape index (κ3) is 6.39. The number of nitrogens with zero attached hydrogens (tertiary/aromatic N) is 1. The number of aryl methyl sites for hydroxylation is 1. The Morgan fingerprint density at radius 3 is 2.75 bits per heavy atom. The molecule has 0 saturated carbocycles. The lowest BCUT2D eigenvalue weighted by molar-refractivity contribution is -0.121. The van der Waals surface area contributed by atoms with Crippen molar-refractivity contribution in [3.8, 4) is 0 Å². The topological polar surface area (TPSA) is 54.0 Å². The monoisotopic (exact) mass is 339 g/mol. The maximum Gasteiger partial charge on any atom is 0.220 e. The number of thiazole rings is 1. The molecule has 4 nitrogen and oxygen atoms in total. The first-order chi connectivity index (χ1) is 8.68. The molecule has 0 unspecified atom stereocenters. The molecule has 0 radical (unpaired) electrons. The predicted octanol–water partition coefficient (Wildman–Crippen LogP) is 2.43. The summed E-state index contributed by atoms with van der Waals surface area (Å²) in [6.45, 7) is 5.18. The van der Waals surface area contributed by atoms with Gasteiger partial charge in [0.25, 0.3) is 0 Å². The fraction of sp³-hybridized carbons (Fsp3) is 0.692. The van der Waals surface area contributed by atoms with Gasteiger partial charge in [-0.05, 0) is 37.8 Å². The highest BCUT2D eigenvalue weighted by atomic mass is 35.5. The van der Waals surface area contributed by atoms with Crippen LogP contribution < -0.4 is 10.6 Å². The largest absolute Gasteiger partial charge is 0.356 e. The molecule has 0 atom stereocenters. The third-order valence-electron chi connectivity index (χ3n) is 3.61. The van der Waals surface area contributed by atoms with E-state index in [1.54, 1.807) is 11.3 Å². The number of halogens is 2. The van der Waals surface area contributed by atoms with Crippen molar-refractivity contribution < 1.29 is 4.79 Å². The average molecular weight is 340 g/mol. The first-order valence-electron chi connectivity index (χ1n) is 6.52. The van der Waals surface area contributed by atoms with Gasteiger partial charge in [-0.25, -0.2) is 4.98 Å². The molecule has 1 aromatic rings. The Labute approximate surface area is 137 Å². The molecule has 0 aromatic carbocycles. The molecule has 2 rings (SSSR count). The first-order valence-corrected chi connectivity index (χ1v) is 7.47. The van der Waals surface area contributed by atoms with Crippen LogP contribution in [0.15, 0.2) is 10.9 Å². The van der Waals surface area contributed by atoms with Gasteiger partial charge in [-0.2, -0.15) is 0 Å². The van der Waals surface area contributed by atoms with E-state index in [4.69, 9.17) is 0 Å². The van der Waals surface area contributed by atoms with Crippen LogP contribution in [0.4, 0.5) is 0 Å². The number of aromatic nitrogens is 1. The fourth-order valence-electron chi connectivity index (χ4n) is 2.21. The third-order valence-corrected chi connectivity index (χ3v) is 4.25. The van der Waals surface area contributed by atoms with Gasteiger partial charge in [0.05, 0.1) is 11.2 Å². The molecule has 1 fully saturated rings. The zero-order valence-corrected chi connectivity index (χ0v) is 14.1. The molecule has 1 aliphatic rings. The van der Waals surface area contributed by atoms with E-state index in [0.29, 0.717) is 6.42 Å². The van der Waals surface area contributed by atoms with E-state index < -0.39 is 0 Å². The van der Waals surface area contributed by atoms with E-state index in [0.717, 1.165) is 44.6 Å². The smallest absolute Gasteiger partial charge is 0.220 e. The standard InChI is InChI=1S/C13H21N3OS.2ClH/c1-13(4-6-14-7-5-13)9-15-12(17)3-2-11-8-18-10-16-11;;/h8,10,14H,2-7,9H2,1H3,(H,15,17);2*1H. The molecule has 0 spiro atoms. The van der Waals surface area contributed by atoms with Crippen molar-refractivity contribution >= 4 is 42.1 Å². The lowest BCUT2D eigenvalue weighted by Gasteiger charge is -2.34. The Kier molecular flexibility index (Phi) is 9.38. The molecule has 1 aliphatic heterocycles. The Bertz CT molecular complexity index is 381. The molecule has 7 heteroatoms. The summed E-state index contributed by atoms with van der Waals surface area (Å²) in [4.78, 5) is 16.0. The molecule has 1 saturated heterocycles. The molecule has 116 valence electrons. The van der Waals surface area contributed by atoms with Crippen LogP contribution in [0.1, 0.15) is 31.9 Å². The van der Waals surface area contributed by atoms with Gasteiger partial charge in [-0.3, -0.25) is 4.79 Å². The number of carbonyl (C=O) groups is 1. The second-order valence-electron chi connectivity index (χ2n) is 5.32. The minimum Gasteiger partial charge on any atom is -0.356 e. The van der Waals surface area contributed by atoms with Crippen molar-refractivity contribution in [3.05, 3.63) is 16.6 Å². The Balaban J connectivity index is 0.00000180. The summed E-state index contributed by atoms with van der Waals surface area (Å²) >= 11 is 1.58. The van der Waals surface area contributed by atoms with Crippen molar-refractivity contribution in [1.82, 2.24) is 15.6 Å². The summed E-state index contributed by atoms with van der Waals surface area (Å²) in [7, 11) is 0. The molecule has 1 amide bonds. The van der Waals surface area contributed by atoms with Gasteiger partial charge in [0.15, 0.2) is 0 Å². The zero-order valence-electron chi connectivity index (χ0n) is 11.7. The summed E-state index contributed by atoms with van der Waals surface area (Å²) in [5.41, 5.74) is 3.09. The highest BCUT2D eigenvalue weighted by Gasteiger charge is 2.26. The van der Waals surface area contributed by atoms with E-state index in [9.17, 15) is 4.79 Å². The number of amides is 1. The van der Waals surface area contributed by atoms with Crippen LogP contribution in [0, 0.1) is 5.41 Å². The van der Waals surface area contributed by atoms with Crippen molar-refractivity contribution in [2.45, 2.75) is 32.6 Å². The van der Waals surface area contributed by atoms with Gasteiger partial charge >= 0.3 is 0 Å². The Hall–Kier alpha value is -0.360. The molecule has 20 heavy (non-hydrogen) atoms. The molecule has 2 heterocycles. The number of hydrogen-bond donors (Lipinski definition) is 2. The van der Waals surface area contributed by atoms with Crippen molar-refractivity contribution in [2.75, 3.05) is 19.6 Å². The van der Waals surface area contributed by atoms with Crippen LogP contribution in [-0.4, -0.2) is 30.5 Å². The van der Waals surface area contributed by atoms with Crippen molar-refractivity contribution in [3.63, 3.8) is 0 Å². The summed E-state index contributed by atoms with van der Waals surface area (Å²) in [6.07, 6.45) is 3.56. The quantitative estimate of drug-likeness (QED) is 0.866. The van der Waals surface area contributed by atoms with E-state index >= 15 is 0 Å². The van der Waals surface area contributed by atoms with Crippen LogP contribution in [0.2, 0.25) is 0 Å². The van der Waals surface area contributed by atoms with E-state index in [1.807, 2.05) is 10.9 Å². The molecule has 1 aromatic heterocycles. The van der Waals surface area contributed by atoms with E-state index in [1.165, 1.54) is 0 Å². The minimum absolute atomic E-state index is 0. The van der Waals surface area contributed by atoms with Crippen LogP contribution in [-0.2, 0) is 11.2 Å². The second kappa shape index (κ2) is 9.55. The number of piperidine rings is 1. The Morgan fingerprint density at radius 1 is 1.45 bits per heavy atom. The molecular formula is C13H23Cl2N3OS. The number of nitrogens with one attached hydrogen (secondary N) is 2. The zero-order chi connectivity index (χ0) is 12.8. The molecule has 0 aliphatic carbocycles. The fourth-order valence-corrected chi connectivity index (χ4v) is 2.80. The van der Waals surface area contributed by atoms with Crippen LogP contribution in [0.25, 0.3) is 0 Å².